The van der Waals surface area contributed by atoms with Gasteiger partial charge in [-0.2, -0.15) is 0 Å². The van der Waals surface area contributed by atoms with Gasteiger partial charge >= 0.3 is 90.1 Å². The Balaban J connectivity index is 3.21. The SMILES string of the molecule is CCOc1ccc([AsH](=O)O)c([N+](=O)[O-])c1. The molecular weight excluding hydrogens is 265 g/mol. The van der Waals surface area contributed by atoms with Crippen LogP contribution in [0.25, 0.3) is 0 Å². The molecule has 1 aromatic rings. The Morgan fingerprint density at radius 2 is 2.27 bits per heavy atom. The Morgan fingerprint density at radius 3 is 2.73 bits per heavy atom. The summed E-state index contributed by atoms with van der Waals surface area (Å²) in [5.41, 5.74) is -0.353. The minimum absolute atomic E-state index is 0.0940. The predicted octanol–water partition coefficient (Wildman–Crippen LogP) is -0.156. The molecule has 1 rings (SSSR count). The van der Waals surface area contributed by atoms with Gasteiger partial charge in [0.15, 0.2) is 0 Å². The van der Waals surface area contributed by atoms with E-state index in [-0.39, 0.29) is 10.0 Å². The summed E-state index contributed by atoms with van der Waals surface area (Å²) in [6.07, 6.45) is 0. The average Bonchev–Trinajstić information content (AvgIpc) is 2.17. The van der Waals surface area contributed by atoms with Crippen LogP contribution >= 0.6 is 0 Å². The molecule has 1 atom stereocenters. The van der Waals surface area contributed by atoms with E-state index in [9.17, 15) is 13.9 Å². The molecular formula is C8H10AsNO5. The van der Waals surface area contributed by atoms with E-state index in [1.165, 1.54) is 18.2 Å². The zero-order valence-electron chi connectivity index (χ0n) is 7.97. The molecule has 0 fully saturated rings. The first-order valence-corrected chi connectivity index (χ1v) is 7.05. The van der Waals surface area contributed by atoms with Gasteiger partial charge in [-0.15, -0.1) is 0 Å². The Hall–Kier alpha value is -1.26. The first-order valence-electron chi connectivity index (χ1n) is 4.20. The standard InChI is InChI=1S/C8H10AsNO5/c1-2-15-6-3-4-7(9(11)12)8(5-6)10(13)14/h3-5,9H,2H2,1H3,(H,11,12). The topological polar surface area (TPSA) is 89.7 Å². The molecule has 0 aliphatic heterocycles. The molecule has 0 radical (unpaired) electrons. The first kappa shape index (κ1) is 11.8. The molecule has 0 saturated carbocycles. The molecule has 0 heterocycles. The Morgan fingerprint density at radius 1 is 1.60 bits per heavy atom. The summed E-state index contributed by atoms with van der Waals surface area (Å²) in [5.74, 6) is 0.326. The van der Waals surface area contributed by atoms with E-state index < -0.39 is 19.9 Å². The van der Waals surface area contributed by atoms with Gasteiger partial charge in [0.05, 0.1) is 0 Å². The fraction of sp³-hybridized carbons (Fsp3) is 0.250. The van der Waals surface area contributed by atoms with E-state index in [0.717, 1.165) is 0 Å². The molecule has 0 amide bonds. The van der Waals surface area contributed by atoms with Crippen molar-refractivity contribution in [3.63, 3.8) is 0 Å². The van der Waals surface area contributed by atoms with Gasteiger partial charge in [0.2, 0.25) is 0 Å². The molecule has 1 N–H and O–H groups in total. The van der Waals surface area contributed by atoms with Gasteiger partial charge in [-0.1, -0.05) is 0 Å². The number of rotatable bonds is 4. The van der Waals surface area contributed by atoms with E-state index in [1.807, 2.05) is 0 Å². The van der Waals surface area contributed by atoms with E-state index in [0.29, 0.717) is 12.4 Å². The Bertz CT molecular complexity index is 406. The van der Waals surface area contributed by atoms with Crippen molar-refractivity contribution >= 4 is 25.0 Å². The zero-order valence-corrected chi connectivity index (χ0v) is 10.1. The van der Waals surface area contributed by atoms with Crippen LogP contribution in [0, 0.1) is 10.1 Å². The van der Waals surface area contributed by atoms with Crippen molar-refractivity contribution in [2.75, 3.05) is 6.61 Å². The predicted molar refractivity (Wildman–Crippen MR) is 54.0 cm³/mol. The summed E-state index contributed by atoms with van der Waals surface area (Å²) in [4.78, 5) is 9.93. The minimum atomic E-state index is -3.67. The van der Waals surface area contributed by atoms with Crippen molar-refractivity contribution in [1.29, 1.82) is 0 Å². The molecule has 0 aliphatic carbocycles. The van der Waals surface area contributed by atoms with Crippen LogP contribution in [0.15, 0.2) is 18.2 Å². The van der Waals surface area contributed by atoms with Crippen molar-refractivity contribution in [3.8, 4) is 5.75 Å². The van der Waals surface area contributed by atoms with E-state index in [1.54, 1.807) is 6.92 Å². The summed E-state index contributed by atoms with van der Waals surface area (Å²) < 4.78 is 24.8. The maximum absolute atomic E-state index is 10.9. The second-order valence-corrected chi connectivity index (χ2v) is 5.08. The van der Waals surface area contributed by atoms with Gasteiger partial charge in [0, 0.05) is 0 Å². The average molecular weight is 275 g/mol. The number of nitro benzene ring substituents is 1. The summed E-state index contributed by atoms with van der Waals surface area (Å²) in [5, 5.41) is 10.6. The molecule has 6 nitrogen and oxygen atoms in total. The third kappa shape index (κ3) is 2.84. The number of hydrogen-bond donors (Lipinski definition) is 1. The second-order valence-electron chi connectivity index (χ2n) is 2.67. The van der Waals surface area contributed by atoms with Crippen molar-refractivity contribution in [2.45, 2.75) is 6.92 Å². The van der Waals surface area contributed by atoms with Crippen LogP contribution in [-0.4, -0.2) is 30.6 Å². The van der Waals surface area contributed by atoms with Crippen LogP contribution in [0.1, 0.15) is 6.92 Å². The molecule has 1 aromatic carbocycles. The van der Waals surface area contributed by atoms with Crippen molar-refractivity contribution < 1.29 is 17.5 Å². The van der Waals surface area contributed by atoms with E-state index in [4.69, 9.17) is 8.83 Å². The van der Waals surface area contributed by atoms with Crippen molar-refractivity contribution in [1.82, 2.24) is 0 Å². The van der Waals surface area contributed by atoms with Gasteiger partial charge in [0.1, 0.15) is 0 Å². The maximum atomic E-state index is 10.9. The quantitative estimate of drug-likeness (QED) is 0.468. The molecule has 0 spiro atoms. The fourth-order valence-electron chi connectivity index (χ4n) is 1.10. The molecule has 0 bridgehead atoms. The summed E-state index contributed by atoms with van der Waals surface area (Å²) in [6, 6.07) is 3.89. The molecule has 15 heavy (non-hydrogen) atoms. The van der Waals surface area contributed by atoms with Crippen LogP contribution in [0.3, 0.4) is 0 Å². The molecule has 82 valence electrons. The monoisotopic (exact) mass is 275 g/mol. The van der Waals surface area contributed by atoms with Crippen LogP contribution in [0.5, 0.6) is 5.75 Å². The van der Waals surface area contributed by atoms with Gasteiger partial charge in [-0.25, -0.2) is 0 Å². The van der Waals surface area contributed by atoms with Gasteiger partial charge in [-0.05, 0) is 0 Å². The molecule has 7 heteroatoms. The summed E-state index contributed by atoms with van der Waals surface area (Å²) >= 11 is -3.67. The zero-order chi connectivity index (χ0) is 11.4. The number of nitro groups is 1. The van der Waals surface area contributed by atoms with Gasteiger partial charge < -0.3 is 0 Å². The van der Waals surface area contributed by atoms with Crippen molar-refractivity contribution in [2.24, 2.45) is 0 Å². The van der Waals surface area contributed by atoms with Crippen LogP contribution in [-0.2, 0) is 3.74 Å². The Kier molecular flexibility index (Phi) is 3.94. The normalized spacial score (nSPS) is 12.1. The third-order valence-electron chi connectivity index (χ3n) is 1.71. The molecule has 1 unspecified atom stereocenters. The molecule has 0 aliphatic rings. The van der Waals surface area contributed by atoms with Crippen LogP contribution < -0.4 is 9.09 Å². The van der Waals surface area contributed by atoms with Gasteiger partial charge in [-0.3, -0.25) is 0 Å². The van der Waals surface area contributed by atoms with Crippen LogP contribution in [0.2, 0.25) is 0 Å². The summed E-state index contributed by atoms with van der Waals surface area (Å²) in [7, 11) is 0. The second kappa shape index (κ2) is 5.00. The number of nitrogens with zero attached hydrogens (tertiary/aromatic N) is 1. The molecule has 0 saturated heterocycles. The third-order valence-corrected chi connectivity index (χ3v) is 3.56. The number of ether oxygens (including phenoxy) is 1. The first-order chi connectivity index (χ1) is 7.06. The summed E-state index contributed by atoms with van der Waals surface area (Å²) in [6.45, 7) is 2.13. The van der Waals surface area contributed by atoms with E-state index in [2.05, 4.69) is 0 Å². The number of hydrogen-bond acceptors (Lipinski definition) is 4. The fourth-order valence-corrected chi connectivity index (χ4v) is 2.38. The molecule has 0 aromatic heterocycles. The van der Waals surface area contributed by atoms with Gasteiger partial charge in [0.25, 0.3) is 0 Å². The van der Waals surface area contributed by atoms with Crippen LogP contribution in [0.4, 0.5) is 5.69 Å². The van der Waals surface area contributed by atoms with Crippen molar-refractivity contribution in [3.05, 3.63) is 28.3 Å². The Labute approximate surface area is 90.5 Å². The van der Waals surface area contributed by atoms with E-state index >= 15 is 0 Å². The number of benzene rings is 1.